The minimum Gasteiger partial charge on any atom is -0.489 e. The predicted molar refractivity (Wildman–Crippen MR) is 147 cm³/mol. The van der Waals surface area contributed by atoms with Crippen LogP contribution >= 0.6 is 0 Å². The molecule has 204 valence electrons. The lowest BCUT2D eigenvalue weighted by Crippen LogP contribution is -2.44. The summed E-state index contributed by atoms with van der Waals surface area (Å²) in [6, 6.07) is 20.4. The minimum atomic E-state index is -0.718. The summed E-state index contributed by atoms with van der Waals surface area (Å²) in [6.07, 6.45) is 6.06. The van der Waals surface area contributed by atoms with Crippen molar-refractivity contribution in [1.82, 2.24) is 15.2 Å². The Hall–Kier alpha value is -4.20. The molecule has 39 heavy (non-hydrogen) atoms. The smallest absolute Gasteiger partial charge is 0.328 e. The summed E-state index contributed by atoms with van der Waals surface area (Å²) in [5.41, 5.74) is 2.76. The van der Waals surface area contributed by atoms with E-state index in [1.165, 1.54) is 7.11 Å². The average molecular weight is 530 g/mol. The summed E-state index contributed by atoms with van der Waals surface area (Å²) >= 11 is 0. The summed E-state index contributed by atoms with van der Waals surface area (Å²) in [7, 11) is 1.33. The number of nitrogens with one attached hydrogen (secondary N) is 1. The number of esters is 1. The highest BCUT2D eigenvalue weighted by molar-refractivity contribution is 5.94. The maximum absolute atomic E-state index is 12.8. The van der Waals surface area contributed by atoms with Gasteiger partial charge >= 0.3 is 5.97 Å². The topological polar surface area (TPSA) is 97.8 Å². The fraction of sp³-hybridized carbons (Fsp3) is 0.355. The van der Waals surface area contributed by atoms with E-state index >= 15 is 0 Å². The molecule has 1 saturated heterocycles. The van der Waals surface area contributed by atoms with Crippen LogP contribution in [-0.4, -0.2) is 53.9 Å². The number of rotatable bonds is 11. The SMILES string of the molecule is COC(=O)[C@H](CCc1ccc(OCc2ccccc2)cc1)NC(=O)CC1CCN(C(=O)c2ccncc2)CC1. The molecule has 8 heteroatoms. The number of methoxy groups -OCH3 is 1. The van der Waals surface area contributed by atoms with Crippen LogP contribution in [0.3, 0.4) is 0 Å². The van der Waals surface area contributed by atoms with Gasteiger partial charge in [0, 0.05) is 37.5 Å². The molecule has 0 unspecified atom stereocenters. The quantitative estimate of drug-likeness (QED) is 0.374. The lowest BCUT2D eigenvalue weighted by atomic mass is 9.92. The van der Waals surface area contributed by atoms with Crippen LogP contribution in [0.15, 0.2) is 79.1 Å². The molecule has 0 spiro atoms. The number of carbonyl (C=O) groups excluding carboxylic acids is 3. The molecule has 1 aromatic heterocycles. The van der Waals surface area contributed by atoms with Crippen LogP contribution in [-0.2, 0) is 27.4 Å². The number of hydrogen-bond acceptors (Lipinski definition) is 6. The first kappa shape index (κ1) is 27.8. The minimum absolute atomic E-state index is 0.0122. The predicted octanol–water partition coefficient (Wildman–Crippen LogP) is 4.19. The van der Waals surface area contributed by atoms with Crippen molar-refractivity contribution in [2.45, 2.75) is 44.8 Å². The third-order valence-corrected chi connectivity index (χ3v) is 7.02. The first-order chi connectivity index (χ1) is 19.0. The number of amides is 2. The van der Waals surface area contributed by atoms with Crippen LogP contribution in [0.2, 0.25) is 0 Å². The van der Waals surface area contributed by atoms with Gasteiger partial charge in [-0.2, -0.15) is 0 Å². The van der Waals surface area contributed by atoms with Crippen molar-refractivity contribution in [1.29, 1.82) is 0 Å². The molecule has 1 N–H and O–H groups in total. The van der Waals surface area contributed by atoms with E-state index in [0.29, 0.717) is 44.5 Å². The van der Waals surface area contributed by atoms with Gasteiger partial charge in [0.2, 0.25) is 5.91 Å². The normalized spacial score (nSPS) is 14.3. The van der Waals surface area contributed by atoms with Crippen LogP contribution in [0.25, 0.3) is 0 Å². The molecule has 0 aliphatic carbocycles. The fourth-order valence-corrected chi connectivity index (χ4v) is 4.73. The average Bonchev–Trinajstić information content (AvgIpc) is 2.99. The van der Waals surface area contributed by atoms with E-state index in [0.717, 1.165) is 29.7 Å². The summed E-state index contributed by atoms with van der Waals surface area (Å²) in [6.45, 7) is 1.70. The largest absolute Gasteiger partial charge is 0.489 e. The van der Waals surface area contributed by atoms with Crippen molar-refractivity contribution in [2.24, 2.45) is 5.92 Å². The third kappa shape index (κ3) is 8.40. The number of nitrogens with zero attached hydrogens (tertiary/aromatic N) is 2. The van der Waals surface area contributed by atoms with Gasteiger partial charge in [-0.1, -0.05) is 42.5 Å². The van der Waals surface area contributed by atoms with E-state index in [2.05, 4.69) is 10.3 Å². The van der Waals surface area contributed by atoms with Crippen molar-refractivity contribution < 1.29 is 23.9 Å². The van der Waals surface area contributed by atoms with E-state index in [1.54, 1.807) is 24.5 Å². The number of benzene rings is 2. The molecule has 0 radical (unpaired) electrons. The number of pyridine rings is 1. The van der Waals surface area contributed by atoms with E-state index in [1.807, 2.05) is 59.5 Å². The molecule has 2 amide bonds. The van der Waals surface area contributed by atoms with Gasteiger partial charge in [-0.25, -0.2) is 4.79 Å². The summed E-state index contributed by atoms with van der Waals surface area (Å²) in [5.74, 6) is 0.293. The Balaban J connectivity index is 1.21. The first-order valence-corrected chi connectivity index (χ1v) is 13.3. The number of ether oxygens (including phenoxy) is 2. The molecular formula is C31H35N3O5. The molecule has 4 rings (SSSR count). The maximum atomic E-state index is 12.8. The van der Waals surface area contributed by atoms with E-state index in [4.69, 9.17) is 9.47 Å². The van der Waals surface area contributed by atoms with Gasteiger partial charge in [0.05, 0.1) is 7.11 Å². The second-order valence-corrected chi connectivity index (χ2v) is 9.78. The molecule has 3 aromatic rings. The van der Waals surface area contributed by atoms with Crippen LogP contribution in [0, 0.1) is 5.92 Å². The summed E-state index contributed by atoms with van der Waals surface area (Å²) in [5, 5.41) is 2.87. The van der Waals surface area contributed by atoms with Crippen molar-refractivity contribution in [3.05, 3.63) is 95.8 Å². The summed E-state index contributed by atoms with van der Waals surface area (Å²) < 4.78 is 10.8. The van der Waals surface area contributed by atoms with Crippen LogP contribution < -0.4 is 10.1 Å². The molecular weight excluding hydrogens is 494 g/mol. The second-order valence-electron chi connectivity index (χ2n) is 9.78. The molecule has 0 bridgehead atoms. The van der Waals surface area contributed by atoms with Crippen LogP contribution in [0.1, 0.15) is 47.2 Å². The highest BCUT2D eigenvalue weighted by Gasteiger charge is 2.27. The lowest BCUT2D eigenvalue weighted by Gasteiger charge is -2.32. The zero-order valence-electron chi connectivity index (χ0n) is 22.3. The molecule has 1 aliphatic rings. The lowest BCUT2D eigenvalue weighted by molar-refractivity contribution is -0.145. The van der Waals surface area contributed by atoms with Gasteiger partial charge in [0.15, 0.2) is 0 Å². The number of carbonyl (C=O) groups is 3. The van der Waals surface area contributed by atoms with Gasteiger partial charge < -0.3 is 19.7 Å². The number of piperidine rings is 1. The monoisotopic (exact) mass is 529 g/mol. The standard InChI is InChI=1S/C31H35N3O5/c1-38-31(37)28(12-9-23-7-10-27(11-8-23)39-22-25-5-3-2-4-6-25)33-29(35)21-24-15-19-34(20-16-24)30(36)26-13-17-32-18-14-26/h2-8,10-11,13-14,17-18,24,28H,9,12,15-16,19-22H2,1H3,(H,33,35)/t28-/m0/s1. The molecule has 1 aliphatic heterocycles. The van der Waals surface area contributed by atoms with Gasteiger partial charge in [-0.15, -0.1) is 0 Å². The molecule has 1 fully saturated rings. The van der Waals surface area contributed by atoms with Gasteiger partial charge in [0.25, 0.3) is 5.91 Å². The Bertz CT molecular complexity index is 1210. The Labute approximate surface area is 229 Å². The Morgan fingerprint density at radius 3 is 2.31 bits per heavy atom. The molecule has 0 saturated carbocycles. The zero-order chi connectivity index (χ0) is 27.5. The third-order valence-electron chi connectivity index (χ3n) is 7.02. The summed E-state index contributed by atoms with van der Waals surface area (Å²) in [4.78, 5) is 43.6. The Morgan fingerprint density at radius 2 is 1.64 bits per heavy atom. The first-order valence-electron chi connectivity index (χ1n) is 13.3. The van der Waals surface area contributed by atoms with E-state index in [-0.39, 0.29) is 17.7 Å². The van der Waals surface area contributed by atoms with Crippen LogP contribution in [0.4, 0.5) is 0 Å². The number of hydrogen-bond donors (Lipinski definition) is 1. The molecule has 8 nitrogen and oxygen atoms in total. The van der Waals surface area contributed by atoms with E-state index < -0.39 is 12.0 Å². The fourth-order valence-electron chi connectivity index (χ4n) is 4.73. The van der Waals surface area contributed by atoms with Gasteiger partial charge in [0.1, 0.15) is 18.4 Å². The van der Waals surface area contributed by atoms with Crippen molar-refractivity contribution >= 4 is 17.8 Å². The number of aryl methyl sites for hydroxylation is 1. The number of likely N-dealkylation sites (tertiary alicyclic amines) is 1. The molecule has 2 aromatic carbocycles. The molecule has 1 atom stereocenters. The van der Waals surface area contributed by atoms with Gasteiger partial charge in [-0.05, 0) is 67.0 Å². The van der Waals surface area contributed by atoms with Crippen LogP contribution in [0.5, 0.6) is 5.75 Å². The van der Waals surface area contributed by atoms with Crippen molar-refractivity contribution in [3.8, 4) is 5.75 Å². The van der Waals surface area contributed by atoms with Gasteiger partial charge in [-0.3, -0.25) is 14.6 Å². The van der Waals surface area contributed by atoms with Crippen molar-refractivity contribution in [2.75, 3.05) is 20.2 Å². The highest BCUT2D eigenvalue weighted by Crippen LogP contribution is 2.22. The second kappa shape index (κ2) is 14.1. The number of aromatic nitrogens is 1. The maximum Gasteiger partial charge on any atom is 0.328 e. The highest BCUT2D eigenvalue weighted by atomic mass is 16.5. The Morgan fingerprint density at radius 1 is 0.949 bits per heavy atom. The molecule has 2 heterocycles. The van der Waals surface area contributed by atoms with Crippen molar-refractivity contribution in [3.63, 3.8) is 0 Å². The Kier molecular flexibility index (Phi) is 10.1. The van der Waals surface area contributed by atoms with E-state index in [9.17, 15) is 14.4 Å². The zero-order valence-corrected chi connectivity index (χ0v) is 22.3.